The number of carboxylic acids is 1. The fourth-order valence-electron chi connectivity index (χ4n) is 3.20. The Morgan fingerprint density at radius 2 is 2.10 bits per heavy atom. The summed E-state index contributed by atoms with van der Waals surface area (Å²) in [5.41, 5.74) is 1.45. The highest BCUT2D eigenvalue weighted by Gasteiger charge is 2.25. The van der Waals surface area contributed by atoms with Crippen molar-refractivity contribution in [1.82, 2.24) is 9.80 Å². The fourth-order valence-corrected chi connectivity index (χ4v) is 4.14. The lowest BCUT2D eigenvalue weighted by molar-refractivity contribution is -0.139. The zero-order valence-electron chi connectivity index (χ0n) is 13.3. The van der Waals surface area contributed by atoms with E-state index in [-0.39, 0.29) is 6.54 Å². The van der Waals surface area contributed by atoms with Crippen molar-refractivity contribution in [2.45, 2.75) is 46.2 Å². The molecule has 1 aromatic rings. The molecule has 2 heterocycles. The van der Waals surface area contributed by atoms with E-state index in [0.717, 1.165) is 39.0 Å². The van der Waals surface area contributed by atoms with Gasteiger partial charge in [0.05, 0.1) is 6.54 Å². The molecule has 0 aliphatic carbocycles. The molecule has 0 amide bonds. The topological polar surface area (TPSA) is 43.8 Å². The lowest BCUT2D eigenvalue weighted by Gasteiger charge is -2.37. The summed E-state index contributed by atoms with van der Waals surface area (Å²) in [5, 5.41) is 8.97. The number of likely N-dealkylation sites (tertiary alicyclic amines) is 1. The lowest BCUT2D eigenvalue weighted by Crippen LogP contribution is -2.46. The van der Waals surface area contributed by atoms with Crippen LogP contribution in [0.1, 0.15) is 35.1 Å². The Hall–Kier alpha value is -0.910. The smallest absolute Gasteiger partial charge is 0.317 e. The van der Waals surface area contributed by atoms with Crippen LogP contribution in [-0.4, -0.2) is 53.1 Å². The molecular weight excluding hydrogens is 284 g/mol. The Bertz CT molecular complexity index is 479. The summed E-state index contributed by atoms with van der Waals surface area (Å²) < 4.78 is 0. The molecule has 21 heavy (non-hydrogen) atoms. The van der Waals surface area contributed by atoms with Crippen LogP contribution in [-0.2, 0) is 11.3 Å². The fraction of sp³-hybridized carbons (Fsp3) is 0.688. The summed E-state index contributed by atoms with van der Waals surface area (Å²) in [5.74, 6) is -0.719. The molecular formula is C16H26N2O2S. The molecule has 1 fully saturated rings. The third-order valence-electron chi connectivity index (χ3n) is 4.36. The van der Waals surface area contributed by atoms with Crippen molar-refractivity contribution in [2.75, 3.05) is 26.2 Å². The van der Waals surface area contributed by atoms with Crippen molar-refractivity contribution in [2.24, 2.45) is 0 Å². The summed E-state index contributed by atoms with van der Waals surface area (Å²) in [6.45, 7) is 10.6. The van der Waals surface area contributed by atoms with Crippen LogP contribution in [0.15, 0.2) is 6.07 Å². The van der Waals surface area contributed by atoms with Crippen LogP contribution < -0.4 is 0 Å². The summed E-state index contributed by atoms with van der Waals surface area (Å²) in [4.78, 5) is 18.3. The first-order valence-electron chi connectivity index (χ1n) is 7.73. The van der Waals surface area contributed by atoms with Gasteiger partial charge < -0.3 is 5.11 Å². The summed E-state index contributed by atoms with van der Waals surface area (Å²) in [6.07, 6.45) is 2.15. The minimum absolute atomic E-state index is 0.171. The highest BCUT2D eigenvalue weighted by atomic mass is 32.1. The Morgan fingerprint density at radius 3 is 2.57 bits per heavy atom. The SMILES string of the molecule is CCN(CC(=O)O)C1CCN(Cc2cc(C)sc2C)CC1. The molecule has 0 unspecified atom stereocenters. The molecule has 1 saturated heterocycles. The predicted octanol–water partition coefficient (Wildman–Crippen LogP) is 2.74. The maximum atomic E-state index is 10.9. The van der Waals surface area contributed by atoms with Crippen LogP contribution in [0.5, 0.6) is 0 Å². The van der Waals surface area contributed by atoms with Crippen LogP contribution in [0.2, 0.25) is 0 Å². The first kappa shape index (κ1) is 16.5. The number of carbonyl (C=O) groups is 1. The van der Waals surface area contributed by atoms with E-state index in [9.17, 15) is 4.79 Å². The maximum Gasteiger partial charge on any atom is 0.317 e. The first-order chi connectivity index (χ1) is 9.99. The minimum Gasteiger partial charge on any atom is -0.480 e. The van der Waals surface area contributed by atoms with Gasteiger partial charge in [0.25, 0.3) is 0 Å². The standard InChI is InChI=1S/C16H26N2O2S/c1-4-18(11-16(19)20)15-5-7-17(8-6-15)10-14-9-12(2)21-13(14)3/h9,15H,4-8,10-11H2,1-3H3,(H,19,20). The Labute approximate surface area is 131 Å². The molecule has 0 radical (unpaired) electrons. The number of aliphatic carboxylic acids is 1. The van der Waals surface area contributed by atoms with Gasteiger partial charge >= 0.3 is 5.97 Å². The molecule has 0 saturated carbocycles. The van der Waals surface area contributed by atoms with E-state index >= 15 is 0 Å². The van der Waals surface area contributed by atoms with E-state index in [1.807, 2.05) is 18.3 Å². The number of aryl methyl sites for hydroxylation is 2. The van der Waals surface area contributed by atoms with E-state index in [1.165, 1.54) is 15.3 Å². The Kier molecular flexibility index (Phi) is 5.79. The van der Waals surface area contributed by atoms with Crippen LogP contribution in [0.4, 0.5) is 0 Å². The summed E-state index contributed by atoms with van der Waals surface area (Å²) in [7, 11) is 0. The van der Waals surface area contributed by atoms with Crippen molar-refractivity contribution < 1.29 is 9.90 Å². The Morgan fingerprint density at radius 1 is 1.43 bits per heavy atom. The Balaban J connectivity index is 1.85. The van der Waals surface area contributed by atoms with Gasteiger partial charge in [-0.2, -0.15) is 0 Å². The summed E-state index contributed by atoms with van der Waals surface area (Å²) >= 11 is 1.87. The van der Waals surface area contributed by atoms with Gasteiger partial charge in [0.1, 0.15) is 0 Å². The van der Waals surface area contributed by atoms with Crippen LogP contribution in [0.3, 0.4) is 0 Å². The zero-order chi connectivity index (χ0) is 15.4. The molecule has 1 N–H and O–H groups in total. The van der Waals surface area contributed by atoms with E-state index in [2.05, 4.69) is 29.7 Å². The van der Waals surface area contributed by atoms with Gasteiger partial charge in [0, 0.05) is 22.3 Å². The normalized spacial score (nSPS) is 17.5. The van der Waals surface area contributed by atoms with Gasteiger partial charge in [-0.25, -0.2) is 0 Å². The average Bonchev–Trinajstić information content (AvgIpc) is 2.75. The van der Waals surface area contributed by atoms with Gasteiger partial charge in [-0.15, -0.1) is 11.3 Å². The van der Waals surface area contributed by atoms with Crippen molar-refractivity contribution in [3.05, 3.63) is 21.4 Å². The molecule has 0 atom stereocenters. The number of thiophene rings is 1. The van der Waals surface area contributed by atoms with Gasteiger partial charge in [0.2, 0.25) is 0 Å². The van der Waals surface area contributed by atoms with Crippen molar-refractivity contribution in [1.29, 1.82) is 0 Å². The van der Waals surface area contributed by atoms with Gasteiger partial charge in [-0.05, 0) is 58.0 Å². The van der Waals surface area contributed by atoms with Gasteiger partial charge in [-0.3, -0.25) is 14.6 Å². The molecule has 0 bridgehead atoms. The van der Waals surface area contributed by atoms with Crippen LogP contribution in [0.25, 0.3) is 0 Å². The van der Waals surface area contributed by atoms with E-state index < -0.39 is 5.97 Å². The number of carboxylic acid groups (broad SMARTS) is 1. The van der Waals surface area contributed by atoms with Crippen LogP contribution in [0, 0.1) is 13.8 Å². The first-order valence-corrected chi connectivity index (χ1v) is 8.55. The number of rotatable bonds is 6. The summed E-state index contributed by atoms with van der Waals surface area (Å²) in [6, 6.07) is 2.72. The maximum absolute atomic E-state index is 10.9. The highest BCUT2D eigenvalue weighted by Crippen LogP contribution is 2.24. The molecule has 2 rings (SSSR count). The number of likely N-dealkylation sites (N-methyl/N-ethyl adjacent to an activating group) is 1. The number of nitrogens with zero attached hydrogens (tertiary/aromatic N) is 2. The molecule has 4 nitrogen and oxygen atoms in total. The monoisotopic (exact) mass is 310 g/mol. The van der Waals surface area contributed by atoms with E-state index in [4.69, 9.17) is 5.11 Å². The predicted molar refractivity (Wildman–Crippen MR) is 87.0 cm³/mol. The van der Waals surface area contributed by atoms with E-state index in [0.29, 0.717) is 6.04 Å². The van der Waals surface area contributed by atoms with Crippen molar-refractivity contribution in [3.8, 4) is 0 Å². The largest absolute Gasteiger partial charge is 0.480 e. The molecule has 0 aromatic carbocycles. The third kappa shape index (κ3) is 4.53. The third-order valence-corrected chi connectivity index (χ3v) is 5.36. The second-order valence-corrected chi connectivity index (χ2v) is 7.36. The van der Waals surface area contributed by atoms with Crippen molar-refractivity contribution >= 4 is 17.3 Å². The second kappa shape index (κ2) is 7.38. The number of piperidine rings is 1. The molecule has 0 spiro atoms. The molecule has 118 valence electrons. The molecule has 5 heteroatoms. The van der Waals surface area contributed by atoms with Gasteiger partial charge in [-0.1, -0.05) is 6.92 Å². The van der Waals surface area contributed by atoms with Gasteiger partial charge in [0.15, 0.2) is 0 Å². The molecule has 1 aliphatic rings. The minimum atomic E-state index is -0.719. The van der Waals surface area contributed by atoms with Crippen molar-refractivity contribution in [3.63, 3.8) is 0 Å². The average molecular weight is 310 g/mol. The number of hydrogen-bond donors (Lipinski definition) is 1. The number of hydrogen-bond acceptors (Lipinski definition) is 4. The van der Waals surface area contributed by atoms with Crippen LogP contribution >= 0.6 is 11.3 Å². The lowest BCUT2D eigenvalue weighted by atomic mass is 10.0. The molecule has 1 aliphatic heterocycles. The molecule has 1 aromatic heterocycles. The second-order valence-electron chi connectivity index (χ2n) is 5.90. The quantitative estimate of drug-likeness (QED) is 0.877. The highest BCUT2D eigenvalue weighted by molar-refractivity contribution is 7.12. The zero-order valence-corrected chi connectivity index (χ0v) is 14.1. The van der Waals surface area contributed by atoms with E-state index in [1.54, 1.807) is 0 Å².